The van der Waals surface area contributed by atoms with Gasteiger partial charge in [-0.1, -0.05) is 23.7 Å². The first-order valence-electron chi connectivity index (χ1n) is 9.11. The van der Waals surface area contributed by atoms with E-state index in [0.29, 0.717) is 41.6 Å². The van der Waals surface area contributed by atoms with E-state index in [4.69, 9.17) is 16.7 Å². The lowest BCUT2D eigenvalue weighted by Crippen LogP contribution is -2.48. The molecule has 0 spiro atoms. The minimum Gasteiger partial charge on any atom is -0.395 e. The van der Waals surface area contributed by atoms with Crippen LogP contribution in [-0.4, -0.2) is 66.1 Å². The molecule has 0 atom stereocenters. The zero-order valence-corrected chi connectivity index (χ0v) is 16.7. The highest BCUT2D eigenvalue weighted by Crippen LogP contribution is 2.37. The van der Waals surface area contributed by atoms with Crippen LogP contribution >= 0.6 is 22.9 Å². The third-order valence-corrected chi connectivity index (χ3v) is 6.12. The van der Waals surface area contributed by atoms with Gasteiger partial charge in [-0.25, -0.2) is 4.90 Å². The van der Waals surface area contributed by atoms with Crippen molar-refractivity contribution in [2.75, 3.05) is 44.2 Å². The van der Waals surface area contributed by atoms with Crippen molar-refractivity contribution in [2.24, 2.45) is 0 Å². The molecule has 2 aromatic rings. The molecule has 0 bridgehead atoms. The molecule has 2 aliphatic rings. The number of anilines is 1. The van der Waals surface area contributed by atoms with Crippen LogP contribution < -0.4 is 4.90 Å². The number of β-amino-alcohol motifs (C(OH)–C–C–N with tert-alkyl or cyclic N) is 1. The number of imide groups is 1. The zero-order valence-electron chi connectivity index (χ0n) is 15.2. The van der Waals surface area contributed by atoms with Crippen LogP contribution in [-0.2, 0) is 9.59 Å². The Hall–Kier alpha value is -2.19. The SMILES string of the molecule is O=C1C(c2cccs2)=C(N2CCN(CCO)CC2)C(=O)N1c1cccc(Cl)c1. The largest absolute Gasteiger partial charge is 0.395 e. The molecule has 1 N–H and O–H groups in total. The molecule has 1 aromatic heterocycles. The lowest BCUT2D eigenvalue weighted by Gasteiger charge is -2.36. The maximum Gasteiger partial charge on any atom is 0.282 e. The summed E-state index contributed by atoms with van der Waals surface area (Å²) >= 11 is 7.54. The van der Waals surface area contributed by atoms with Gasteiger partial charge in [0.05, 0.1) is 17.9 Å². The number of halogens is 1. The molecule has 8 heteroatoms. The molecule has 1 fully saturated rings. The predicted molar refractivity (Wildman–Crippen MR) is 110 cm³/mol. The summed E-state index contributed by atoms with van der Waals surface area (Å²) in [6, 6.07) is 10.5. The van der Waals surface area contributed by atoms with Gasteiger partial charge in [-0.2, -0.15) is 0 Å². The van der Waals surface area contributed by atoms with Crippen molar-refractivity contribution in [3.63, 3.8) is 0 Å². The first-order valence-corrected chi connectivity index (χ1v) is 10.4. The van der Waals surface area contributed by atoms with Crippen LogP contribution in [0.1, 0.15) is 4.88 Å². The molecule has 0 saturated carbocycles. The molecule has 1 saturated heterocycles. The highest BCUT2D eigenvalue weighted by molar-refractivity contribution is 7.11. The number of aliphatic hydroxyl groups excluding tert-OH is 1. The van der Waals surface area contributed by atoms with Gasteiger partial charge in [0, 0.05) is 42.6 Å². The molecule has 28 heavy (non-hydrogen) atoms. The lowest BCUT2D eigenvalue weighted by molar-refractivity contribution is -0.120. The van der Waals surface area contributed by atoms with Gasteiger partial charge in [0.1, 0.15) is 5.70 Å². The Morgan fingerprint density at radius 1 is 1.04 bits per heavy atom. The highest BCUT2D eigenvalue weighted by Gasteiger charge is 2.43. The van der Waals surface area contributed by atoms with E-state index in [-0.39, 0.29) is 18.4 Å². The van der Waals surface area contributed by atoms with E-state index < -0.39 is 0 Å². The Labute approximate surface area is 172 Å². The summed E-state index contributed by atoms with van der Waals surface area (Å²) in [4.78, 5) is 32.8. The number of carbonyl (C=O) groups is 2. The summed E-state index contributed by atoms with van der Waals surface area (Å²) in [5.41, 5.74) is 1.39. The first-order chi connectivity index (χ1) is 13.6. The standard InChI is InChI=1S/C20H20ClN3O3S/c21-14-3-1-4-15(13-14)24-19(26)17(16-5-2-12-28-16)18(20(24)27)23-8-6-22(7-9-23)10-11-25/h1-5,12-13,25H,6-11H2. The van der Waals surface area contributed by atoms with Crippen LogP contribution in [0, 0.1) is 0 Å². The molecule has 0 aliphatic carbocycles. The molecule has 0 unspecified atom stereocenters. The van der Waals surface area contributed by atoms with Crippen molar-refractivity contribution in [1.29, 1.82) is 0 Å². The Morgan fingerprint density at radius 3 is 2.46 bits per heavy atom. The summed E-state index contributed by atoms with van der Waals surface area (Å²) in [7, 11) is 0. The van der Waals surface area contributed by atoms with Gasteiger partial charge in [-0.15, -0.1) is 11.3 Å². The van der Waals surface area contributed by atoms with Gasteiger partial charge in [0.15, 0.2) is 0 Å². The zero-order chi connectivity index (χ0) is 19.7. The number of piperazine rings is 1. The van der Waals surface area contributed by atoms with Crippen LogP contribution in [0.25, 0.3) is 5.57 Å². The molecular formula is C20H20ClN3O3S. The predicted octanol–water partition coefficient (Wildman–Crippen LogP) is 2.30. The topological polar surface area (TPSA) is 64.1 Å². The van der Waals surface area contributed by atoms with Crippen molar-refractivity contribution in [3.8, 4) is 0 Å². The number of nitrogens with zero attached hydrogens (tertiary/aromatic N) is 3. The van der Waals surface area contributed by atoms with Crippen molar-refractivity contribution >= 4 is 46.0 Å². The van der Waals surface area contributed by atoms with Gasteiger partial charge < -0.3 is 10.0 Å². The third-order valence-electron chi connectivity index (χ3n) is 5.00. The summed E-state index contributed by atoms with van der Waals surface area (Å²) < 4.78 is 0. The Bertz CT molecular complexity index is 921. The van der Waals surface area contributed by atoms with E-state index in [1.807, 2.05) is 22.4 Å². The minimum absolute atomic E-state index is 0.114. The highest BCUT2D eigenvalue weighted by atomic mass is 35.5. The Morgan fingerprint density at radius 2 is 1.82 bits per heavy atom. The molecule has 3 heterocycles. The number of thiophene rings is 1. The second-order valence-electron chi connectivity index (χ2n) is 6.68. The second-order valence-corrected chi connectivity index (χ2v) is 8.06. The van der Waals surface area contributed by atoms with E-state index in [1.54, 1.807) is 24.3 Å². The van der Waals surface area contributed by atoms with E-state index >= 15 is 0 Å². The van der Waals surface area contributed by atoms with Gasteiger partial charge in [-0.05, 0) is 29.6 Å². The molecule has 6 nitrogen and oxygen atoms in total. The monoisotopic (exact) mass is 417 g/mol. The fraction of sp³-hybridized carbons (Fsp3) is 0.300. The number of benzene rings is 1. The van der Waals surface area contributed by atoms with E-state index in [9.17, 15) is 9.59 Å². The van der Waals surface area contributed by atoms with Gasteiger partial charge in [0.25, 0.3) is 11.8 Å². The van der Waals surface area contributed by atoms with E-state index in [2.05, 4.69) is 4.90 Å². The van der Waals surface area contributed by atoms with Gasteiger partial charge in [0.2, 0.25) is 0 Å². The van der Waals surface area contributed by atoms with Crippen molar-refractivity contribution < 1.29 is 14.7 Å². The van der Waals surface area contributed by atoms with Crippen LogP contribution in [0.3, 0.4) is 0 Å². The molecule has 1 aromatic carbocycles. The van der Waals surface area contributed by atoms with Crippen LogP contribution in [0.15, 0.2) is 47.5 Å². The fourth-order valence-electron chi connectivity index (χ4n) is 3.64. The Balaban J connectivity index is 1.70. The third kappa shape index (κ3) is 3.46. The summed E-state index contributed by atoms with van der Waals surface area (Å²) in [6.45, 7) is 3.47. The Kier molecular flexibility index (Phi) is 5.50. The normalized spacial score (nSPS) is 18.5. The number of hydrogen-bond donors (Lipinski definition) is 1. The molecule has 4 rings (SSSR count). The number of amides is 2. The van der Waals surface area contributed by atoms with Crippen molar-refractivity contribution in [2.45, 2.75) is 0 Å². The molecule has 2 amide bonds. The molecular weight excluding hydrogens is 398 g/mol. The molecule has 0 radical (unpaired) electrons. The fourth-order valence-corrected chi connectivity index (χ4v) is 4.59. The summed E-state index contributed by atoms with van der Waals surface area (Å²) in [6.07, 6.45) is 0. The lowest BCUT2D eigenvalue weighted by atomic mass is 10.1. The number of aliphatic hydroxyl groups is 1. The number of carbonyl (C=O) groups excluding carboxylic acids is 2. The van der Waals surface area contributed by atoms with Crippen LogP contribution in [0.4, 0.5) is 5.69 Å². The maximum atomic E-state index is 13.4. The van der Waals surface area contributed by atoms with Gasteiger partial charge in [-0.3, -0.25) is 14.5 Å². The van der Waals surface area contributed by atoms with Crippen LogP contribution in [0.5, 0.6) is 0 Å². The van der Waals surface area contributed by atoms with Crippen molar-refractivity contribution in [3.05, 3.63) is 57.4 Å². The maximum absolute atomic E-state index is 13.4. The average molecular weight is 418 g/mol. The molecule has 146 valence electrons. The van der Waals surface area contributed by atoms with E-state index in [1.165, 1.54) is 16.2 Å². The van der Waals surface area contributed by atoms with Crippen molar-refractivity contribution in [1.82, 2.24) is 9.80 Å². The van der Waals surface area contributed by atoms with Gasteiger partial charge >= 0.3 is 0 Å². The summed E-state index contributed by atoms with van der Waals surface area (Å²) in [5.74, 6) is -0.631. The second kappa shape index (κ2) is 8.05. The minimum atomic E-state index is -0.317. The van der Waals surface area contributed by atoms with Crippen LogP contribution in [0.2, 0.25) is 5.02 Å². The van der Waals surface area contributed by atoms with E-state index in [0.717, 1.165) is 18.0 Å². The smallest absolute Gasteiger partial charge is 0.282 e. The number of hydrogen-bond acceptors (Lipinski definition) is 6. The summed E-state index contributed by atoms with van der Waals surface area (Å²) in [5, 5.41) is 11.5. The molecule has 2 aliphatic heterocycles. The number of rotatable bonds is 5. The first kappa shape index (κ1) is 19.1. The average Bonchev–Trinajstić information content (AvgIpc) is 3.29. The quantitative estimate of drug-likeness (QED) is 0.756.